The van der Waals surface area contributed by atoms with Crippen LogP contribution < -0.4 is 10.1 Å². The normalized spacial score (nSPS) is 14.8. The van der Waals surface area contributed by atoms with Crippen molar-refractivity contribution >= 4 is 31.6 Å². The first-order valence-corrected chi connectivity index (χ1v) is 14.6. The lowest BCUT2D eigenvalue weighted by molar-refractivity contribution is 0.269. The Kier molecular flexibility index (Phi) is 6.99. The summed E-state index contributed by atoms with van der Waals surface area (Å²) >= 11 is 0. The van der Waals surface area contributed by atoms with Crippen LogP contribution in [-0.2, 0) is 6.54 Å². The quantitative estimate of drug-likeness (QED) is 0.302. The van der Waals surface area contributed by atoms with Crippen LogP contribution in [-0.4, -0.2) is 68.7 Å². The van der Waals surface area contributed by atoms with E-state index in [2.05, 4.69) is 49.1 Å². The van der Waals surface area contributed by atoms with Crippen molar-refractivity contribution < 1.29 is 9.50 Å². The van der Waals surface area contributed by atoms with Gasteiger partial charge in [-0.1, -0.05) is 30.3 Å². The molecule has 0 saturated carbocycles. The van der Waals surface area contributed by atoms with Crippen molar-refractivity contribution in [2.24, 2.45) is 0 Å². The van der Waals surface area contributed by atoms with E-state index in [1.54, 1.807) is 17.2 Å². The Morgan fingerprint density at radius 3 is 2.59 bits per heavy atom. The lowest BCUT2D eigenvalue weighted by Crippen LogP contribution is -2.29. The van der Waals surface area contributed by atoms with E-state index in [1.807, 2.05) is 41.4 Å². The maximum atomic E-state index is 13.2. The van der Waals surface area contributed by atoms with Crippen LogP contribution in [0.5, 0.6) is 0 Å². The summed E-state index contributed by atoms with van der Waals surface area (Å²) in [4.78, 5) is 16.2. The molecule has 0 amide bonds. The number of nitrogens with zero attached hydrogens (tertiary/aromatic N) is 8. The molecule has 5 aromatic rings. The highest BCUT2D eigenvalue weighted by Gasteiger charge is 2.20. The minimum Gasteiger partial charge on any atom is -0.394 e. The minimum absolute atomic E-state index is 0.0479. The molecular formula is C28H29FN8OSi. The fraction of sp³-hybridized carbons (Fsp3) is 0.250. The molecule has 1 aliphatic rings. The third-order valence-electron chi connectivity index (χ3n) is 7.17. The average molecular weight is 541 g/mol. The number of hydrogen-bond donors (Lipinski definition) is 1. The van der Waals surface area contributed by atoms with Gasteiger partial charge in [-0.3, -0.25) is 4.68 Å². The van der Waals surface area contributed by atoms with Crippen LogP contribution >= 0.6 is 0 Å². The van der Waals surface area contributed by atoms with E-state index < -0.39 is 9.52 Å². The molecule has 0 unspecified atom stereocenters. The van der Waals surface area contributed by atoms with Gasteiger partial charge in [-0.15, -0.1) is 0 Å². The zero-order chi connectivity index (χ0) is 26.8. The van der Waals surface area contributed by atoms with Gasteiger partial charge in [-0.05, 0) is 41.3 Å². The van der Waals surface area contributed by atoms with Crippen LogP contribution in [0.1, 0.15) is 30.3 Å². The van der Waals surface area contributed by atoms with Gasteiger partial charge in [0.25, 0.3) is 0 Å². The molecule has 1 atom stereocenters. The van der Waals surface area contributed by atoms with Gasteiger partial charge in [-0.2, -0.15) is 10.2 Å². The topological polar surface area (TPSA) is 97.3 Å². The summed E-state index contributed by atoms with van der Waals surface area (Å²) in [6.45, 7) is 4.21. The first-order valence-electron chi connectivity index (χ1n) is 13.0. The summed E-state index contributed by atoms with van der Waals surface area (Å²) in [5.74, 6) is 1.45. The Labute approximate surface area is 227 Å². The third-order valence-corrected chi connectivity index (χ3v) is 9.20. The van der Waals surface area contributed by atoms with E-state index in [1.165, 1.54) is 17.3 Å². The second kappa shape index (κ2) is 10.9. The van der Waals surface area contributed by atoms with Crippen LogP contribution in [0.15, 0.2) is 73.7 Å². The van der Waals surface area contributed by atoms with Gasteiger partial charge in [0.15, 0.2) is 11.6 Å². The predicted molar refractivity (Wildman–Crippen MR) is 151 cm³/mol. The molecule has 5 heterocycles. The van der Waals surface area contributed by atoms with Crippen LogP contribution in [0.25, 0.3) is 22.2 Å². The summed E-state index contributed by atoms with van der Waals surface area (Å²) in [5, 5.41) is 19.1. The summed E-state index contributed by atoms with van der Waals surface area (Å²) in [5.41, 5.74) is 5.53. The summed E-state index contributed by atoms with van der Waals surface area (Å²) < 4.78 is 16.8. The monoisotopic (exact) mass is 540 g/mol. The first-order chi connectivity index (χ1) is 19.1. The molecule has 6 rings (SSSR count). The second-order valence-corrected chi connectivity index (χ2v) is 12.3. The molecule has 0 spiro atoms. The Bertz CT molecular complexity index is 1610. The number of aliphatic hydroxyl groups is 1. The van der Waals surface area contributed by atoms with E-state index in [0.29, 0.717) is 18.6 Å². The van der Waals surface area contributed by atoms with Crippen molar-refractivity contribution in [1.82, 2.24) is 34.3 Å². The van der Waals surface area contributed by atoms with Crippen molar-refractivity contribution in [2.45, 2.75) is 25.4 Å². The lowest BCUT2D eigenvalue weighted by atomic mass is 10.1. The SMILES string of the molecule is C[C@H]([SiH2]c1ccc(F)cc1)c1cnc(C2=CCN(c3ncnn4cc(-c5cnn(CCO)c5)cc34)CC2)nc1. The first kappa shape index (κ1) is 25.1. The molecule has 9 nitrogen and oxygen atoms in total. The highest BCUT2D eigenvalue weighted by Crippen LogP contribution is 2.29. The van der Waals surface area contributed by atoms with Gasteiger partial charge in [0, 0.05) is 49.0 Å². The zero-order valence-electron chi connectivity index (χ0n) is 21.7. The van der Waals surface area contributed by atoms with E-state index in [4.69, 9.17) is 5.11 Å². The number of benzene rings is 1. The van der Waals surface area contributed by atoms with Gasteiger partial charge >= 0.3 is 0 Å². The van der Waals surface area contributed by atoms with Gasteiger partial charge in [-0.25, -0.2) is 23.9 Å². The Morgan fingerprint density at radius 1 is 1.03 bits per heavy atom. The van der Waals surface area contributed by atoms with Gasteiger partial charge in [0.05, 0.1) is 28.9 Å². The van der Waals surface area contributed by atoms with E-state index >= 15 is 0 Å². The summed E-state index contributed by atoms with van der Waals surface area (Å²) in [6.07, 6.45) is 14.1. The fourth-order valence-corrected chi connectivity index (χ4v) is 6.63. The largest absolute Gasteiger partial charge is 0.394 e. The molecule has 39 heavy (non-hydrogen) atoms. The van der Waals surface area contributed by atoms with Gasteiger partial charge < -0.3 is 10.0 Å². The van der Waals surface area contributed by atoms with Crippen molar-refractivity contribution in [2.75, 3.05) is 24.6 Å². The molecule has 0 fully saturated rings. The van der Waals surface area contributed by atoms with Crippen LogP contribution in [0.2, 0.25) is 0 Å². The number of aliphatic hydroxyl groups excluding tert-OH is 1. The number of hydrogen-bond acceptors (Lipinski definition) is 7. The minimum atomic E-state index is -0.605. The molecule has 0 bridgehead atoms. The number of anilines is 1. The maximum absolute atomic E-state index is 13.2. The molecule has 0 saturated heterocycles. The molecular weight excluding hydrogens is 511 g/mol. The van der Waals surface area contributed by atoms with Crippen LogP contribution in [0.3, 0.4) is 0 Å². The number of aromatic nitrogens is 7. The predicted octanol–water partition coefficient (Wildman–Crippen LogP) is 2.36. The van der Waals surface area contributed by atoms with Crippen molar-refractivity contribution in [1.29, 1.82) is 0 Å². The Morgan fingerprint density at radius 2 is 1.85 bits per heavy atom. The number of rotatable bonds is 8. The van der Waals surface area contributed by atoms with Crippen molar-refractivity contribution in [3.8, 4) is 11.1 Å². The summed E-state index contributed by atoms with van der Waals surface area (Å²) in [7, 11) is -0.605. The van der Waals surface area contributed by atoms with E-state index in [9.17, 15) is 4.39 Å². The Balaban J connectivity index is 1.15. The standard InChI is InChI=1S/C28H29FN8OSi/c1-19(39-25-4-2-24(29)3-5-25)22-13-30-27(31-14-22)20-6-8-35(9-7-20)28-26-12-21(17-37(26)34-18-32-28)23-15-33-36(16-23)10-11-38/h2-6,12-19,38H,7-11,39H2,1H3/t19-/m0/s1. The molecule has 1 aromatic carbocycles. The van der Waals surface area contributed by atoms with Crippen LogP contribution in [0, 0.1) is 5.82 Å². The number of fused-ring (bicyclic) bond motifs is 1. The molecule has 1 aliphatic heterocycles. The molecule has 4 aromatic heterocycles. The zero-order valence-corrected chi connectivity index (χ0v) is 23.1. The second-order valence-electron chi connectivity index (χ2n) is 9.85. The smallest absolute Gasteiger partial charge is 0.156 e. The molecule has 198 valence electrons. The van der Waals surface area contributed by atoms with Crippen molar-refractivity contribution in [3.63, 3.8) is 0 Å². The lowest BCUT2D eigenvalue weighted by Gasteiger charge is -2.27. The highest BCUT2D eigenvalue weighted by atomic mass is 28.2. The molecule has 0 radical (unpaired) electrons. The van der Waals surface area contributed by atoms with Crippen molar-refractivity contribution in [3.05, 3.63) is 90.9 Å². The van der Waals surface area contributed by atoms with Gasteiger partial charge in [0.1, 0.15) is 17.7 Å². The molecule has 0 aliphatic carbocycles. The number of halogens is 1. The Hall–Kier alpha value is -4.22. The fourth-order valence-electron chi connectivity index (χ4n) is 4.97. The molecule has 1 N–H and O–H groups in total. The van der Waals surface area contributed by atoms with E-state index in [0.717, 1.165) is 52.4 Å². The maximum Gasteiger partial charge on any atom is 0.156 e. The average Bonchev–Trinajstić information content (AvgIpc) is 3.62. The van der Waals surface area contributed by atoms with Gasteiger partial charge in [0.2, 0.25) is 0 Å². The molecule has 11 heteroatoms. The van der Waals surface area contributed by atoms with E-state index in [-0.39, 0.29) is 12.4 Å². The summed E-state index contributed by atoms with van der Waals surface area (Å²) in [6, 6.07) is 8.92. The van der Waals surface area contributed by atoms with Crippen LogP contribution in [0.4, 0.5) is 10.2 Å². The highest BCUT2D eigenvalue weighted by molar-refractivity contribution is 6.54. The third kappa shape index (κ3) is 5.36.